The Hall–Kier alpha value is -3.39. The van der Waals surface area contributed by atoms with Crippen molar-refractivity contribution in [2.45, 2.75) is 33.7 Å². The Balaban J connectivity index is 1.48. The van der Waals surface area contributed by atoms with Crippen molar-refractivity contribution < 1.29 is 19.1 Å². The number of esters is 1. The number of piperazine rings is 1. The highest BCUT2D eigenvalue weighted by Gasteiger charge is 2.27. The Bertz CT molecular complexity index is 997. The van der Waals surface area contributed by atoms with E-state index in [2.05, 4.69) is 27.4 Å². The summed E-state index contributed by atoms with van der Waals surface area (Å²) in [6.45, 7) is 12.4. The summed E-state index contributed by atoms with van der Waals surface area (Å²) in [5.41, 5.74) is 3.25. The first-order valence-corrected chi connectivity index (χ1v) is 12.2. The molecule has 1 aliphatic rings. The van der Waals surface area contributed by atoms with E-state index in [0.29, 0.717) is 11.3 Å². The van der Waals surface area contributed by atoms with E-state index in [9.17, 15) is 14.4 Å². The minimum Gasteiger partial charge on any atom is -0.454 e. The molecule has 1 saturated heterocycles. The first-order valence-electron chi connectivity index (χ1n) is 12.2. The number of aryl methyl sites for hydroxylation is 1. The fraction of sp³-hybridized carbons (Fsp3) is 0.444. The van der Waals surface area contributed by atoms with Gasteiger partial charge in [0.25, 0.3) is 11.8 Å². The normalized spacial score (nSPS) is 14.9. The molecule has 0 aromatic heterocycles. The Morgan fingerprint density at radius 3 is 2.14 bits per heavy atom. The summed E-state index contributed by atoms with van der Waals surface area (Å²) in [5.74, 6) is -1.64. The minimum atomic E-state index is -0.857. The predicted octanol–water partition coefficient (Wildman–Crippen LogP) is 3.07. The maximum absolute atomic E-state index is 12.6. The van der Waals surface area contributed by atoms with Crippen molar-refractivity contribution in [3.05, 3.63) is 59.7 Å². The van der Waals surface area contributed by atoms with Gasteiger partial charge in [-0.3, -0.25) is 9.59 Å². The summed E-state index contributed by atoms with van der Waals surface area (Å²) < 4.78 is 5.22. The maximum Gasteiger partial charge on any atom is 0.329 e. The van der Waals surface area contributed by atoms with E-state index in [-0.39, 0.29) is 11.8 Å². The van der Waals surface area contributed by atoms with Crippen LogP contribution in [0.1, 0.15) is 36.7 Å². The van der Waals surface area contributed by atoms with Gasteiger partial charge in [0.05, 0.1) is 0 Å². The highest BCUT2D eigenvalue weighted by Crippen LogP contribution is 2.19. The molecule has 2 aromatic carbocycles. The number of benzene rings is 2. The first-order chi connectivity index (χ1) is 16.8. The van der Waals surface area contributed by atoms with Crippen LogP contribution >= 0.6 is 0 Å². The quantitative estimate of drug-likeness (QED) is 0.536. The molecule has 8 heteroatoms. The number of amides is 2. The van der Waals surface area contributed by atoms with Gasteiger partial charge in [0, 0.05) is 43.1 Å². The minimum absolute atomic E-state index is 0.202. The van der Waals surface area contributed by atoms with E-state index < -0.39 is 24.5 Å². The summed E-state index contributed by atoms with van der Waals surface area (Å²) in [7, 11) is 0. The van der Waals surface area contributed by atoms with E-state index in [1.807, 2.05) is 57.2 Å². The van der Waals surface area contributed by atoms with Gasteiger partial charge >= 0.3 is 5.97 Å². The topological polar surface area (TPSA) is 91.0 Å². The third kappa shape index (κ3) is 7.55. The van der Waals surface area contributed by atoms with Gasteiger partial charge in [-0.1, -0.05) is 38.5 Å². The van der Waals surface area contributed by atoms with Crippen LogP contribution in [0.25, 0.3) is 0 Å². The molecule has 1 fully saturated rings. The zero-order chi connectivity index (χ0) is 25.4. The Morgan fingerprint density at radius 1 is 0.943 bits per heavy atom. The zero-order valence-corrected chi connectivity index (χ0v) is 21.0. The third-order valence-electron chi connectivity index (χ3n) is 6.20. The standard InChI is InChI=1S/C27H36N4O4/c1-5-30-14-16-31(17-15-30)23-12-10-22(11-13-23)28-24(32)18-35-27(34)25(19(2)3)29-26(33)21-8-6-20(4)7-9-21/h6-13,19,25H,5,14-18H2,1-4H3,(H,28,32)(H,29,33)/t25-/m0/s1. The van der Waals surface area contributed by atoms with Crippen molar-refractivity contribution >= 4 is 29.2 Å². The number of carbonyl (C=O) groups is 3. The average molecular weight is 481 g/mol. The van der Waals surface area contributed by atoms with E-state index in [0.717, 1.165) is 44.0 Å². The van der Waals surface area contributed by atoms with E-state index in [1.54, 1.807) is 12.1 Å². The maximum atomic E-state index is 12.6. The number of nitrogens with zero attached hydrogens (tertiary/aromatic N) is 2. The average Bonchev–Trinajstić information content (AvgIpc) is 2.86. The van der Waals surface area contributed by atoms with Gasteiger partial charge in [0.1, 0.15) is 6.04 Å². The molecule has 1 aliphatic heterocycles. The van der Waals surface area contributed by atoms with Gasteiger partial charge in [-0.2, -0.15) is 0 Å². The van der Waals surface area contributed by atoms with Crippen LogP contribution in [0, 0.1) is 12.8 Å². The summed E-state index contributed by atoms with van der Waals surface area (Å²) >= 11 is 0. The highest BCUT2D eigenvalue weighted by molar-refractivity contribution is 5.97. The number of nitrogens with one attached hydrogen (secondary N) is 2. The Labute approximate surface area is 207 Å². The Morgan fingerprint density at radius 2 is 1.57 bits per heavy atom. The van der Waals surface area contributed by atoms with Crippen LogP contribution in [0.2, 0.25) is 0 Å². The second kappa shape index (κ2) is 12.4. The smallest absolute Gasteiger partial charge is 0.329 e. The van der Waals surface area contributed by atoms with E-state index in [1.165, 1.54) is 0 Å². The van der Waals surface area contributed by atoms with Gasteiger partial charge in [-0.15, -0.1) is 0 Å². The van der Waals surface area contributed by atoms with Crippen LogP contribution in [0.15, 0.2) is 48.5 Å². The van der Waals surface area contributed by atoms with Crippen LogP contribution < -0.4 is 15.5 Å². The van der Waals surface area contributed by atoms with E-state index >= 15 is 0 Å². The zero-order valence-electron chi connectivity index (χ0n) is 21.0. The first kappa shape index (κ1) is 26.2. The van der Waals surface area contributed by atoms with Crippen molar-refractivity contribution in [1.82, 2.24) is 10.2 Å². The molecule has 3 rings (SSSR count). The molecule has 1 heterocycles. The SMILES string of the molecule is CCN1CCN(c2ccc(NC(=O)COC(=O)[C@@H](NC(=O)c3ccc(C)cc3)C(C)C)cc2)CC1. The van der Waals surface area contributed by atoms with Gasteiger partial charge in [0.15, 0.2) is 6.61 Å². The monoisotopic (exact) mass is 480 g/mol. The lowest BCUT2D eigenvalue weighted by atomic mass is 10.0. The summed E-state index contributed by atoms with van der Waals surface area (Å²) in [6.07, 6.45) is 0. The van der Waals surface area contributed by atoms with Crippen molar-refractivity contribution in [2.75, 3.05) is 49.5 Å². The van der Waals surface area contributed by atoms with Gasteiger partial charge in [-0.25, -0.2) is 4.79 Å². The predicted molar refractivity (Wildman–Crippen MR) is 138 cm³/mol. The molecule has 8 nitrogen and oxygen atoms in total. The lowest BCUT2D eigenvalue weighted by Crippen LogP contribution is -2.46. The van der Waals surface area contributed by atoms with Crippen LogP contribution in [-0.2, 0) is 14.3 Å². The van der Waals surface area contributed by atoms with Crippen LogP contribution in [-0.4, -0.2) is 68.1 Å². The number of ether oxygens (including phenoxy) is 1. The van der Waals surface area contributed by atoms with Crippen molar-refractivity contribution in [3.8, 4) is 0 Å². The fourth-order valence-corrected chi connectivity index (χ4v) is 3.93. The highest BCUT2D eigenvalue weighted by atomic mass is 16.5. The Kier molecular flexibility index (Phi) is 9.25. The lowest BCUT2D eigenvalue weighted by Gasteiger charge is -2.35. The molecule has 2 amide bonds. The second-order valence-electron chi connectivity index (χ2n) is 9.19. The summed E-state index contributed by atoms with van der Waals surface area (Å²) in [5, 5.41) is 5.47. The van der Waals surface area contributed by atoms with Crippen molar-refractivity contribution in [3.63, 3.8) is 0 Å². The van der Waals surface area contributed by atoms with Crippen molar-refractivity contribution in [2.24, 2.45) is 5.92 Å². The number of rotatable bonds is 9. The molecule has 2 N–H and O–H groups in total. The molecular formula is C27H36N4O4. The fourth-order valence-electron chi connectivity index (χ4n) is 3.93. The lowest BCUT2D eigenvalue weighted by molar-refractivity contribution is -0.150. The number of likely N-dealkylation sites (N-methyl/N-ethyl adjacent to an activating group) is 1. The number of carbonyl (C=O) groups excluding carboxylic acids is 3. The van der Waals surface area contributed by atoms with Crippen molar-refractivity contribution in [1.29, 1.82) is 0 Å². The molecule has 35 heavy (non-hydrogen) atoms. The molecule has 0 radical (unpaired) electrons. The number of anilines is 2. The second-order valence-corrected chi connectivity index (χ2v) is 9.19. The third-order valence-corrected chi connectivity index (χ3v) is 6.20. The molecular weight excluding hydrogens is 444 g/mol. The van der Waals surface area contributed by atoms with Gasteiger partial charge < -0.3 is 25.2 Å². The van der Waals surface area contributed by atoms with Gasteiger partial charge in [0.2, 0.25) is 0 Å². The van der Waals surface area contributed by atoms with Crippen LogP contribution in [0.4, 0.5) is 11.4 Å². The van der Waals surface area contributed by atoms with E-state index in [4.69, 9.17) is 4.74 Å². The van der Waals surface area contributed by atoms with Gasteiger partial charge in [-0.05, 0) is 55.8 Å². The summed E-state index contributed by atoms with van der Waals surface area (Å²) in [4.78, 5) is 42.2. The molecule has 0 unspecified atom stereocenters. The molecule has 0 spiro atoms. The largest absolute Gasteiger partial charge is 0.454 e. The molecule has 1 atom stereocenters. The number of hydrogen-bond acceptors (Lipinski definition) is 6. The molecule has 2 aromatic rings. The van der Waals surface area contributed by atoms with Crippen LogP contribution in [0.3, 0.4) is 0 Å². The molecule has 0 bridgehead atoms. The van der Waals surface area contributed by atoms with Crippen LogP contribution in [0.5, 0.6) is 0 Å². The molecule has 0 saturated carbocycles. The summed E-state index contributed by atoms with van der Waals surface area (Å²) in [6, 6.07) is 13.9. The molecule has 188 valence electrons. The number of hydrogen-bond donors (Lipinski definition) is 2. The molecule has 0 aliphatic carbocycles.